The summed E-state index contributed by atoms with van der Waals surface area (Å²) in [6, 6.07) is -0.224. The molecule has 90 valence electrons. The van der Waals surface area contributed by atoms with Crippen LogP contribution in [0.1, 0.15) is 12.8 Å². The summed E-state index contributed by atoms with van der Waals surface area (Å²) >= 11 is 0. The van der Waals surface area contributed by atoms with Crippen molar-refractivity contribution in [1.29, 1.82) is 0 Å². The first-order chi connectivity index (χ1) is 6.97. The highest BCUT2D eigenvalue weighted by Gasteiger charge is 2.41. The van der Waals surface area contributed by atoms with Gasteiger partial charge < -0.3 is 4.74 Å². The first-order valence-corrected chi connectivity index (χ1v) is 4.67. The van der Waals surface area contributed by atoms with E-state index >= 15 is 0 Å². The number of ether oxygens (including phenoxy) is 1. The second-order valence-electron chi connectivity index (χ2n) is 3.69. The molecule has 0 saturated heterocycles. The van der Waals surface area contributed by atoms with E-state index in [2.05, 4.69) is 10.2 Å². The molecule has 7 heteroatoms. The SMILES string of the molecule is NNC(COCC(F)(F)C(F)F)C1CC1. The standard InChI is InChI=1S/C8H14F4N2O/c9-7(10)8(11,12)4-15-3-6(14-13)5-1-2-5/h5-7,14H,1-4,13H2. The fourth-order valence-electron chi connectivity index (χ4n) is 1.20. The molecule has 0 amide bonds. The molecule has 1 atom stereocenters. The molecule has 3 N–H and O–H groups in total. The molecule has 0 aromatic carbocycles. The van der Waals surface area contributed by atoms with Crippen molar-refractivity contribution in [2.75, 3.05) is 13.2 Å². The molecule has 1 saturated carbocycles. The fourth-order valence-corrected chi connectivity index (χ4v) is 1.20. The molecule has 1 aliphatic rings. The maximum absolute atomic E-state index is 12.4. The van der Waals surface area contributed by atoms with E-state index in [0.29, 0.717) is 5.92 Å². The quantitative estimate of drug-likeness (QED) is 0.392. The smallest absolute Gasteiger partial charge is 0.330 e. The monoisotopic (exact) mass is 230 g/mol. The normalized spacial score (nSPS) is 19.6. The first kappa shape index (κ1) is 12.7. The third-order valence-electron chi connectivity index (χ3n) is 2.32. The summed E-state index contributed by atoms with van der Waals surface area (Å²) in [6.07, 6.45) is -1.77. The van der Waals surface area contributed by atoms with E-state index in [-0.39, 0.29) is 12.6 Å². The number of hydrazine groups is 1. The summed E-state index contributed by atoms with van der Waals surface area (Å²) in [7, 11) is 0. The molecule has 0 bridgehead atoms. The van der Waals surface area contributed by atoms with Gasteiger partial charge in [-0.1, -0.05) is 0 Å². The lowest BCUT2D eigenvalue weighted by Crippen LogP contribution is -2.42. The Morgan fingerprint density at radius 3 is 2.40 bits per heavy atom. The van der Waals surface area contributed by atoms with Crippen LogP contribution >= 0.6 is 0 Å². The highest BCUT2D eigenvalue weighted by atomic mass is 19.3. The molecular weight excluding hydrogens is 216 g/mol. The molecule has 0 aliphatic heterocycles. The van der Waals surface area contributed by atoms with Crippen molar-refractivity contribution >= 4 is 0 Å². The van der Waals surface area contributed by atoms with Gasteiger partial charge in [0.1, 0.15) is 6.61 Å². The van der Waals surface area contributed by atoms with Gasteiger partial charge in [-0.15, -0.1) is 0 Å². The van der Waals surface area contributed by atoms with Crippen molar-refractivity contribution in [2.45, 2.75) is 31.2 Å². The molecule has 3 nitrogen and oxygen atoms in total. The van der Waals surface area contributed by atoms with Crippen LogP contribution in [-0.2, 0) is 4.74 Å². The predicted molar refractivity (Wildman–Crippen MR) is 45.6 cm³/mol. The Balaban J connectivity index is 2.19. The second kappa shape index (κ2) is 5.09. The van der Waals surface area contributed by atoms with E-state index in [9.17, 15) is 17.6 Å². The van der Waals surface area contributed by atoms with Gasteiger partial charge in [-0.25, -0.2) is 8.78 Å². The van der Waals surface area contributed by atoms with Gasteiger partial charge in [0, 0.05) is 6.04 Å². The molecule has 1 unspecified atom stereocenters. The summed E-state index contributed by atoms with van der Waals surface area (Å²) in [5, 5.41) is 0. The molecule has 0 radical (unpaired) electrons. The number of rotatable bonds is 7. The molecule has 0 spiro atoms. The van der Waals surface area contributed by atoms with Crippen LogP contribution in [0.4, 0.5) is 17.6 Å². The zero-order chi connectivity index (χ0) is 11.5. The Labute approximate surface area is 84.9 Å². The average Bonchev–Trinajstić information content (AvgIpc) is 2.95. The summed E-state index contributed by atoms with van der Waals surface area (Å²) in [5.74, 6) is 1.39. The van der Waals surface area contributed by atoms with E-state index in [0.717, 1.165) is 12.8 Å². The maximum Gasteiger partial charge on any atom is 0.330 e. The minimum Gasteiger partial charge on any atom is -0.373 e. The first-order valence-electron chi connectivity index (χ1n) is 4.67. The van der Waals surface area contributed by atoms with Crippen molar-refractivity contribution in [3.63, 3.8) is 0 Å². The average molecular weight is 230 g/mol. The Morgan fingerprint density at radius 1 is 1.40 bits per heavy atom. The van der Waals surface area contributed by atoms with Crippen molar-refractivity contribution in [2.24, 2.45) is 11.8 Å². The molecule has 0 heterocycles. The number of hydrogen-bond donors (Lipinski definition) is 2. The van der Waals surface area contributed by atoms with Crippen molar-refractivity contribution in [1.82, 2.24) is 5.43 Å². The van der Waals surface area contributed by atoms with Crippen LogP contribution in [0, 0.1) is 5.92 Å². The third-order valence-corrected chi connectivity index (χ3v) is 2.32. The van der Waals surface area contributed by atoms with Gasteiger partial charge in [-0.3, -0.25) is 11.3 Å². The van der Waals surface area contributed by atoms with Gasteiger partial charge in [0.25, 0.3) is 0 Å². The van der Waals surface area contributed by atoms with Crippen molar-refractivity contribution in [3.05, 3.63) is 0 Å². The summed E-state index contributed by atoms with van der Waals surface area (Å²) < 4.78 is 52.8. The van der Waals surface area contributed by atoms with Gasteiger partial charge in [0.05, 0.1) is 6.61 Å². The van der Waals surface area contributed by atoms with Crippen LogP contribution in [0.25, 0.3) is 0 Å². The minimum atomic E-state index is -4.08. The van der Waals surface area contributed by atoms with Crippen LogP contribution in [0.2, 0.25) is 0 Å². The van der Waals surface area contributed by atoms with E-state index < -0.39 is 19.0 Å². The Hall–Kier alpha value is -0.400. The van der Waals surface area contributed by atoms with Gasteiger partial charge >= 0.3 is 12.3 Å². The van der Waals surface area contributed by atoms with Crippen molar-refractivity contribution in [3.8, 4) is 0 Å². The zero-order valence-corrected chi connectivity index (χ0v) is 8.06. The van der Waals surface area contributed by atoms with E-state index in [1.54, 1.807) is 0 Å². The number of alkyl halides is 4. The van der Waals surface area contributed by atoms with Crippen LogP contribution in [0.3, 0.4) is 0 Å². The number of halogens is 4. The van der Waals surface area contributed by atoms with Gasteiger partial charge in [-0.2, -0.15) is 8.78 Å². The van der Waals surface area contributed by atoms with E-state index in [4.69, 9.17) is 5.84 Å². The third kappa shape index (κ3) is 3.92. The topological polar surface area (TPSA) is 47.3 Å². The lowest BCUT2D eigenvalue weighted by molar-refractivity contribution is -0.167. The number of nitrogens with two attached hydrogens (primary N) is 1. The second-order valence-corrected chi connectivity index (χ2v) is 3.69. The van der Waals surface area contributed by atoms with Gasteiger partial charge in [0.15, 0.2) is 0 Å². The Bertz CT molecular complexity index is 199. The van der Waals surface area contributed by atoms with Crippen LogP contribution in [-0.4, -0.2) is 31.6 Å². The Morgan fingerprint density at radius 2 is 2.00 bits per heavy atom. The lowest BCUT2D eigenvalue weighted by atomic mass is 10.2. The zero-order valence-electron chi connectivity index (χ0n) is 8.06. The van der Waals surface area contributed by atoms with Gasteiger partial charge in [-0.05, 0) is 18.8 Å². The Kier molecular flexibility index (Phi) is 4.30. The van der Waals surface area contributed by atoms with Crippen LogP contribution in [0.5, 0.6) is 0 Å². The summed E-state index contributed by atoms with van der Waals surface area (Å²) in [5.41, 5.74) is 2.42. The molecule has 1 rings (SSSR count). The molecular formula is C8H14F4N2O. The van der Waals surface area contributed by atoms with E-state index in [1.165, 1.54) is 0 Å². The van der Waals surface area contributed by atoms with Crippen LogP contribution in [0.15, 0.2) is 0 Å². The number of hydrogen-bond acceptors (Lipinski definition) is 3. The predicted octanol–water partition coefficient (Wildman–Crippen LogP) is 1.15. The maximum atomic E-state index is 12.4. The largest absolute Gasteiger partial charge is 0.373 e. The molecule has 1 fully saturated rings. The highest BCUT2D eigenvalue weighted by Crippen LogP contribution is 2.32. The van der Waals surface area contributed by atoms with Gasteiger partial charge in [0.2, 0.25) is 0 Å². The van der Waals surface area contributed by atoms with E-state index in [1.807, 2.05) is 0 Å². The molecule has 1 aliphatic carbocycles. The minimum absolute atomic E-state index is 0.0660. The van der Waals surface area contributed by atoms with Crippen LogP contribution < -0.4 is 11.3 Å². The lowest BCUT2D eigenvalue weighted by Gasteiger charge is -2.19. The fraction of sp³-hybridized carbons (Fsp3) is 1.00. The molecule has 0 aromatic rings. The molecule has 15 heavy (non-hydrogen) atoms. The summed E-state index contributed by atoms with van der Waals surface area (Å²) in [6.45, 7) is -1.33. The number of nitrogens with one attached hydrogen (secondary N) is 1. The summed E-state index contributed by atoms with van der Waals surface area (Å²) in [4.78, 5) is 0. The highest BCUT2D eigenvalue weighted by molar-refractivity contribution is 4.85. The molecule has 0 aromatic heterocycles. The van der Waals surface area contributed by atoms with Crippen molar-refractivity contribution < 1.29 is 22.3 Å².